The summed E-state index contributed by atoms with van der Waals surface area (Å²) >= 11 is 1.90. The molecule has 0 amide bonds. The fourth-order valence-corrected chi connectivity index (χ4v) is 14.8. The zero-order valence-electron chi connectivity index (χ0n) is 40.7. The molecule has 2 spiro atoms. The molecule has 2 heterocycles. The summed E-state index contributed by atoms with van der Waals surface area (Å²) in [7, 11) is 0. The topological polar surface area (TPSA) is 12.5 Å². The Bertz CT molecular complexity index is 4280. The summed E-state index contributed by atoms with van der Waals surface area (Å²) in [6.07, 6.45) is 0. The van der Waals surface area contributed by atoms with Gasteiger partial charge in [0.05, 0.1) is 22.2 Å². The van der Waals surface area contributed by atoms with Crippen LogP contribution in [-0.2, 0) is 10.8 Å². The molecule has 1 unspecified atom stereocenters. The van der Waals surface area contributed by atoms with Gasteiger partial charge < -0.3 is 9.64 Å². The highest BCUT2D eigenvalue weighted by molar-refractivity contribution is 7.99. The molecule has 0 radical (unpaired) electrons. The largest absolute Gasteiger partial charge is 0.457 e. The van der Waals surface area contributed by atoms with Crippen LogP contribution in [0.5, 0.6) is 11.5 Å². The maximum Gasteiger partial charge on any atom is 0.132 e. The van der Waals surface area contributed by atoms with Crippen LogP contribution in [0.4, 0.5) is 17.1 Å². The molecule has 0 bridgehead atoms. The Kier molecular flexibility index (Phi) is 9.14. The maximum absolute atomic E-state index is 6.78. The van der Waals surface area contributed by atoms with E-state index in [2.05, 4.69) is 278 Å². The fraction of sp³-hybridized carbons (Fsp3) is 0.0278. The van der Waals surface area contributed by atoms with Gasteiger partial charge in [-0.05, 0) is 132 Å². The minimum absolute atomic E-state index is 0.530. The monoisotopic (exact) mass is 971 g/mol. The molecule has 1 atom stereocenters. The molecule has 12 aromatic rings. The Balaban J connectivity index is 0.979. The van der Waals surface area contributed by atoms with Gasteiger partial charge in [-0.25, -0.2) is 0 Å². The van der Waals surface area contributed by atoms with Gasteiger partial charge in [0.1, 0.15) is 11.5 Å². The highest BCUT2D eigenvalue weighted by Crippen LogP contribution is 2.66. The first-order chi connectivity index (χ1) is 37.2. The van der Waals surface area contributed by atoms with E-state index in [0.29, 0.717) is 0 Å². The highest BCUT2D eigenvalue weighted by atomic mass is 32.2. The fourth-order valence-electron chi connectivity index (χ4n) is 13.6. The lowest BCUT2D eigenvalue weighted by Gasteiger charge is -2.40. The van der Waals surface area contributed by atoms with Gasteiger partial charge in [-0.1, -0.05) is 230 Å². The van der Waals surface area contributed by atoms with E-state index in [1.54, 1.807) is 0 Å². The van der Waals surface area contributed by atoms with Crippen LogP contribution >= 0.6 is 11.8 Å². The first kappa shape index (κ1) is 42.4. The summed E-state index contributed by atoms with van der Waals surface area (Å²) in [6.45, 7) is 0. The molecule has 350 valence electrons. The Morgan fingerprint density at radius 1 is 0.293 bits per heavy atom. The minimum atomic E-state index is -0.626. The molecule has 2 aliphatic carbocycles. The molecule has 3 heteroatoms. The lowest BCUT2D eigenvalue weighted by Crippen LogP contribution is -2.32. The quantitative estimate of drug-likeness (QED) is 0.171. The van der Waals surface area contributed by atoms with Crippen LogP contribution in [0, 0.1) is 0 Å². The zero-order chi connectivity index (χ0) is 49.2. The zero-order valence-corrected chi connectivity index (χ0v) is 41.6. The Labute approximate surface area is 440 Å². The van der Waals surface area contributed by atoms with Gasteiger partial charge in [-0.3, -0.25) is 0 Å². The maximum atomic E-state index is 6.78. The van der Waals surface area contributed by atoms with Crippen molar-refractivity contribution < 1.29 is 4.74 Å². The van der Waals surface area contributed by atoms with Gasteiger partial charge >= 0.3 is 0 Å². The molecule has 4 aliphatic rings. The average Bonchev–Trinajstić information content (AvgIpc) is 4.02. The van der Waals surface area contributed by atoms with E-state index >= 15 is 0 Å². The third-order valence-corrected chi connectivity index (χ3v) is 17.7. The summed E-state index contributed by atoms with van der Waals surface area (Å²) in [5.74, 6) is 1.77. The second kappa shape index (κ2) is 16.2. The average molecular weight is 972 g/mol. The van der Waals surface area contributed by atoms with Crippen LogP contribution in [-0.4, -0.2) is 0 Å². The van der Waals surface area contributed by atoms with E-state index in [-0.39, 0.29) is 0 Å². The molecule has 0 saturated heterocycles. The highest BCUT2D eigenvalue weighted by Gasteiger charge is 2.53. The normalized spacial score (nSPS) is 15.4. The molecular formula is C72H45NOS. The van der Waals surface area contributed by atoms with Crippen LogP contribution in [0.2, 0.25) is 0 Å². The minimum Gasteiger partial charge on any atom is -0.457 e. The number of nitrogens with zero attached hydrogens (tertiary/aromatic N) is 1. The number of ether oxygens (including phenoxy) is 1. The van der Waals surface area contributed by atoms with Crippen molar-refractivity contribution in [2.75, 3.05) is 4.90 Å². The Morgan fingerprint density at radius 3 is 1.57 bits per heavy atom. The van der Waals surface area contributed by atoms with Crippen LogP contribution < -0.4 is 9.64 Å². The van der Waals surface area contributed by atoms with Crippen molar-refractivity contribution in [2.45, 2.75) is 20.6 Å². The van der Waals surface area contributed by atoms with Crippen molar-refractivity contribution >= 4 is 39.6 Å². The van der Waals surface area contributed by atoms with Gasteiger partial charge in [0.2, 0.25) is 0 Å². The number of para-hydroxylation sites is 3. The smallest absolute Gasteiger partial charge is 0.132 e. The standard InChI is InChI=1S/C72H45NOS/c1-2-19-46(20-3-1)47-37-39-48(40-38-47)52-23-8-14-32-64(52)73(65-33-18-31-62-70(65)54-25-7-10-27-57(54)72(62)59-28-11-15-34-66(59)74-67-35-16-12-29-60(67)72)51-41-42-58-55(45-51)53-24-6-9-26-56(53)71(58)61-30-13-17-36-68(61)75-69-44-50-22-5-4-21-49(50)43-63(69)71/h1-45H. The van der Waals surface area contributed by atoms with E-state index in [4.69, 9.17) is 4.74 Å². The van der Waals surface area contributed by atoms with Crippen molar-refractivity contribution in [3.8, 4) is 56.0 Å². The Morgan fingerprint density at radius 2 is 0.813 bits per heavy atom. The lowest BCUT2D eigenvalue weighted by atomic mass is 9.66. The van der Waals surface area contributed by atoms with E-state index in [1.165, 1.54) is 87.3 Å². The van der Waals surface area contributed by atoms with Gasteiger partial charge in [-0.15, -0.1) is 0 Å². The van der Waals surface area contributed by atoms with Crippen molar-refractivity contribution in [2.24, 2.45) is 0 Å². The third kappa shape index (κ3) is 5.87. The molecule has 0 aromatic heterocycles. The predicted octanol–water partition coefficient (Wildman–Crippen LogP) is 18.9. The van der Waals surface area contributed by atoms with E-state index in [0.717, 1.165) is 50.8 Å². The number of hydrogen-bond donors (Lipinski definition) is 0. The van der Waals surface area contributed by atoms with Gasteiger partial charge in [0.25, 0.3) is 0 Å². The SMILES string of the molecule is c1ccc(-c2ccc(-c3ccccc3N(c3ccc4c(c3)-c3ccccc3C43c4ccccc4Sc4cc5ccccc5cc43)c3cccc4c3-c3ccccc3C43c4ccccc4Oc4ccccc43)cc2)cc1. The molecule has 2 nitrogen and oxygen atoms in total. The molecule has 12 aromatic carbocycles. The summed E-state index contributed by atoms with van der Waals surface area (Å²) < 4.78 is 6.78. The molecule has 75 heavy (non-hydrogen) atoms. The second-order valence-corrected chi connectivity index (χ2v) is 21.3. The predicted molar refractivity (Wildman–Crippen MR) is 308 cm³/mol. The van der Waals surface area contributed by atoms with Crippen molar-refractivity contribution in [3.05, 3.63) is 317 Å². The van der Waals surface area contributed by atoms with Crippen LogP contribution in [0.3, 0.4) is 0 Å². The molecule has 2 aliphatic heterocycles. The van der Waals surface area contributed by atoms with Crippen molar-refractivity contribution in [1.82, 2.24) is 0 Å². The summed E-state index contributed by atoms with van der Waals surface area (Å²) in [6, 6.07) is 102. The lowest BCUT2D eigenvalue weighted by molar-refractivity contribution is 0.436. The molecule has 0 N–H and O–H groups in total. The van der Waals surface area contributed by atoms with Crippen molar-refractivity contribution in [3.63, 3.8) is 0 Å². The first-order valence-electron chi connectivity index (χ1n) is 25.9. The third-order valence-electron chi connectivity index (χ3n) is 16.6. The van der Waals surface area contributed by atoms with Crippen LogP contribution in [0.15, 0.2) is 283 Å². The second-order valence-electron chi connectivity index (χ2n) is 20.2. The molecular weight excluding hydrogens is 927 g/mol. The molecule has 0 saturated carbocycles. The van der Waals surface area contributed by atoms with E-state index in [1.807, 2.05) is 11.8 Å². The number of fused-ring (bicyclic) bond motifs is 19. The van der Waals surface area contributed by atoms with E-state index in [9.17, 15) is 0 Å². The van der Waals surface area contributed by atoms with Gasteiger partial charge in [0, 0.05) is 37.7 Å². The molecule has 16 rings (SSSR count). The Hall–Kier alpha value is -9.15. The number of rotatable bonds is 5. The van der Waals surface area contributed by atoms with Crippen LogP contribution in [0.25, 0.3) is 55.3 Å². The number of benzene rings is 12. The van der Waals surface area contributed by atoms with Gasteiger partial charge in [-0.2, -0.15) is 0 Å². The number of anilines is 3. The number of hydrogen-bond acceptors (Lipinski definition) is 3. The molecule has 0 fully saturated rings. The van der Waals surface area contributed by atoms with Crippen LogP contribution in [0.1, 0.15) is 44.5 Å². The summed E-state index contributed by atoms with van der Waals surface area (Å²) in [4.78, 5) is 5.16. The summed E-state index contributed by atoms with van der Waals surface area (Å²) in [5, 5.41) is 2.51. The van der Waals surface area contributed by atoms with Crippen molar-refractivity contribution in [1.29, 1.82) is 0 Å². The summed E-state index contributed by atoms with van der Waals surface area (Å²) in [5.41, 5.74) is 21.9. The van der Waals surface area contributed by atoms with E-state index < -0.39 is 10.8 Å². The van der Waals surface area contributed by atoms with Gasteiger partial charge in [0.15, 0.2) is 0 Å². The first-order valence-corrected chi connectivity index (χ1v) is 26.7.